The minimum atomic E-state index is -0.257. The van der Waals surface area contributed by atoms with E-state index in [2.05, 4.69) is 92.3 Å². The lowest BCUT2D eigenvalue weighted by atomic mass is 9.90. The van der Waals surface area contributed by atoms with E-state index < -0.39 is 0 Å². The standard InChI is InChI=1S/C66H54N18O12/c1-31-7-55(79-91-31)73-67-49-19-37-13-39-21-50(68-74-56-8-32(2)92-80-56)23-41(62(39)86)15-43-25-52(70-76-58-10-34(4)94-82-58)27-45(64(43)88)17-47-29-54(72-78-60-12-36(6)96-84-60)30-48(66(47)90)18-46-28-53(71-77-59-11-35(5)95-83-59)26-44(65(46)89)16-42-24-51(69-75-57-9-33(3)93-81-57)22-40(63(42)87)14-38(20-49)61(37)85/h7-12,19-30,85-90H,13-18H2,1-6H3. The lowest BCUT2D eigenvalue weighted by Crippen LogP contribution is -2.01. The zero-order valence-electron chi connectivity index (χ0n) is 51.8. The first kappa shape index (κ1) is 61.8. The van der Waals surface area contributed by atoms with Gasteiger partial charge in [0.1, 0.15) is 69.1 Å². The molecular formula is C66H54N18O12. The Morgan fingerprint density at radius 2 is 0.333 bits per heavy atom. The molecule has 0 aliphatic heterocycles. The Morgan fingerprint density at radius 3 is 0.438 bits per heavy atom. The third kappa shape index (κ3) is 14.2. The fourth-order valence-corrected chi connectivity index (χ4v) is 10.7. The summed E-state index contributed by atoms with van der Waals surface area (Å²) in [6, 6.07) is 28.4. The van der Waals surface area contributed by atoms with Crippen LogP contribution in [0.2, 0.25) is 0 Å². The van der Waals surface area contributed by atoms with Gasteiger partial charge in [0.05, 0.1) is 34.1 Å². The van der Waals surface area contributed by atoms with E-state index in [1.54, 1.807) is 151 Å². The Kier molecular flexibility index (Phi) is 16.9. The lowest BCUT2D eigenvalue weighted by molar-refractivity contribution is 0.399. The van der Waals surface area contributed by atoms with Crippen molar-refractivity contribution >= 4 is 69.0 Å². The minimum absolute atomic E-state index is 0.158. The van der Waals surface area contributed by atoms with E-state index in [0.29, 0.717) is 34.6 Å². The maximum atomic E-state index is 12.6. The van der Waals surface area contributed by atoms with Crippen molar-refractivity contribution in [1.82, 2.24) is 30.9 Å². The Labute approximate surface area is 542 Å². The van der Waals surface area contributed by atoms with Crippen molar-refractivity contribution in [1.29, 1.82) is 0 Å². The van der Waals surface area contributed by atoms with Crippen LogP contribution in [-0.2, 0) is 38.5 Å². The number of azo groups is 6. The lowest BCUT2D eigenvalue weighted by Gasteiger charge is -2.18. The van der Waals surface area contributed by atoms with Gasteiger partial charge in [0.2, 0.25) is 34.9 Å². The summed E-state index contributed by atoms with van der Waals surface area (Å²) in [6.07, 6.45) is -1.17. The van der Waals surface area contributed by atoms with Crippen molar-refractivity contribution in [2.75, 3.05) is 0 Å². The van der Waals surface area contributed by atoms with E-state index in [4.69, 9.17) is 27.1 Å². The molecule has 480 valence electrons. The molecule has 6 aromatic heterocycles. The molecule has 0 fully saturated rings. The van der Waals surface area contributed by atoms with Crippen molar-refractivity contribution in [3.05, 3.63) is 211 Å². The molecule has 13 rings (SSSR count). The van der Waals surface area contributed by atoms with Crippen molar-refractivity contribution in [2.45, 2.75) is 80.1 Å². The van der Waals surface area contributed by atoms with E-state index in [0.717, 1.165) is 0 Å². The molecular weight excluding hydrogens is 1240 g/mol. The number of aromatic nitrogens is 6. The molecule has 6 heterocycles. The summed E-state index contributed by atoms with van der Waals surface area (Å²) in [7, 11) is 0. The number of nitrogens with zero attached hydrogens (tertiary/aromatic N) is 18. The Hall–Kier alpha value is -13.0. The number of phenols is 6. The van der Waals surface area contributed by atoms with Crippen LogP contribution in [0.5, 0.6) is 34.5 Å². The molecule has 1 aliphatic carbocycles. The largest absolute Gasteiger partial charge is 0.507 e. The molecule has 12 aromatic rings. The summed E-state index contributed by atoms with van der Waals surface area (Å²) < 4.78 is 31.6. The minimum Gasteiger partial charge on any atom is -0.507 e. The second-order valence-corrected chi connectivity index (χ2v) is 22.7. The van der Waals surface area contributed by atoms with Crippen LogP contribution in [0.1, 0.15) is 101 Å². The van der Waals surface area contributed by atoms with Crippen LogP contribution in [0.3, 0.4) is 0 Å². The topological polar surface area (TPSA) is 426 Å². The number of phenolic OH excluding ortho intramolecular Hbond substituents is 6. The van der Waals surface area contributed by atoms with Gasteiger partial charge in [-0.2, -0.15) is 0 Å². The Balaban J connectivity index is 1.04. The summed E-state index contributed by atoms with van der Waals surface area (Å²) in [6.45, 7) is 10.2. The van der Waals surface area contributed by atoms with Crippen molar-refractivity contribution in [2.24, 2.45) is 61.4 Å². The van der Waals surface area contributed by atoms with Crippen molar-refractivity contribution < 1.29 is 57.8 Å². The third-order valence-corrected chi connectivity index (χ3v) is 15.1. The van der Waals surface area contributed by atoms with E-state index in [1.165, 1.54) is 0 Å². The molecule has 0 saturated heterocycles. The molecule has 6 aromatic carbocycles. The van der Waals surface area contributed by atoms with Gasteiger partial charge < -0.3 is 57.8 Å². The number of hydrogen-bond acceptors (Lipinski definition) is 30. The van der Waals surface area contributed by atoms with Gasteiger partial charge >= 0.3 is 0 Å². The van der Waals surface area contributed by atoms with E-state index in [1.807, 2.05) is 0 Å². The molecule has 0 saturated carbocycles. The fourth-order valence-electron chi connectivity index (χ4n) is 10.7. The van der Waals surface area contributed by atoms with E-state index in [9.17, 15) is 30.6 Å². The van der Waals surface area contributed by atoms with Crippen molar-refractivity contribution in [3.8, 4) is 34.5 Å². The molecule has 30 nitrogen and oxygen atoms in total. The van der Waals surface area contributed by atoms with Gasteiger partial charge in [-0.1, -0.05) is 30.9 Å². The first-order valence-corrected chi connectivity index (χ1v) is 29.5. The average molecular weight is 1290 g/mol. The summed E-state index contributed by atoms with van der Waals surface area (Å²) in [5.74, 6) is 2.29. The average Bonchev–Trinajstić information content (AvgIpc) is 1.24. The molecule has 0 amide bonds. The molecule has 96 heavy (non-hydrogen) atoms. The molecule has 0 spiro atoms. The first-order chi connectivity index (χ1) is 46.3. The SMILES string of the molecule is Cc1cc(N=Nc2cc3c(O)c(c2)Cc2cc(N=Nc4cc(C)on4)cc(c2O)Cc2cc(N=Nc4cc(C)on4)cc(c2O)Cc2cc(N=Nc4cc(C)on4)cc(c2O)Cc2cc(N=Nc4cc(C)on4)cc(c2O)Cc2cc(N=Nc4cc(C)on4)cc(c2O)C3)no1. The Bertz CT molecular complexity index is 4200. The van der Waals surface area contributed by atoms with E-state index >= 15 is 0 Å². The number of aryl methyl sites for hydroxylation is 6. The molecule has 1 aliphatic rings. The van der Waals surface area contributed by atoms with Gasteiger partial charge in [-0.05, 0) is 114 Å². The molecule has 0 radical (unpaired) electrons. The van der Waals surface area contributed by atoms with Gasteiger partial charge in [0.15, 0.2) is 0 Å². The maximum absolute atomic E-state index is 12.6. The fraction of sp³-hybridized carbons (Fsp3) is 0.182. The van der Waals surface area contributed by atoms with Crippen LogP contribution in [0.25, 0.3) is 0 Å². The predicted molar refractivity (Wildman–Crippen MR) is 338 cm³/mol. The number of rotatable bonds is 12. The third-order valence-electron chi connectivity index (χ3n) is 15.1. The number of benzene rings is 6. The highest BCUT2D eigenvalue weighted by atomic mass is 16.5. The maximum Gasteiger partial charge on any atom is 0.216 e. The predicted octanol–water partition coefficient (Wildman–Crippen LogP) is 18.0. The first-order valence-electron chi connectivity index (χ1n) is 29.5. The molecule has 0 atom stereocenters. The molecule has 6 N–H and O–H groups in total. The van der Waals surface area contributed by atoms with Crippen molar-refractivity contribution in [3.63, 3.8) is 0 Å². The number of fused-ring (bicyclic) bond motifs is 12. The molecule has 12 bridgehead atoms. The second-order valence-electron chi connectivity index (χ2n) is 22.7. The summed E-state index contributed by atoms with van der Waals surface area (Å²) in [5, 5.41) is 153. The van der Waals surface area contributed by atoms with Crippen LogP contribution in [0.15, 0.2) is 198 Å². The van der Waals surface area contributed by atoms with Gasteiger partial charge in [0, 0.05) is 142 Å². The number of aromatic hydroxyl groups is 6. The van der Waals surface area contributed by atoms with Gasteiger partial charge in [-0.25, -0.2) is 0 Å². The number of hydrogen-bond donors (Lipinski definition) is 6. The van der Waals surface area contributed by atoms with Crippen LogP contribution < -0.4 is 0 Å². The summed E-state index contributed by atoms with van der Waals surface area (Å²) in [5.41, 5.74) is 4.03. The van der Waals surface area contributed by atoms with Gasteiger partial charge in [-0.3, -0.25) is 0 Å². The highest BCUT2D eigenvalue weighted by Gasteiger charge is 2.25. The van der Waals surface area contributed by atoms with Gasteiger partial charge in [0.25, 0.3) is 0 Å². The molecule has 30 heteroatoms. The van der Waals surface area contributed by atoms with Crippen LogP contribution in [0, 0.1) is 41.5 Å². The smallest absolute Gasteiger partial charge is 0.216 e. The van der Waals surface area contributed by atoms with E-state index in [-0.39, 0.29) is 209 Å². The summed E-state index contributed by atoms with van der Waals surface area (Å²) >= 11 is 0. The van der Waals surface area contributed by atoms with Gasteiger partial charge in [-0.15, -0.1) is 61.4 Å². The highest BCUT2D eigenvalue weighted by Crippen LogP contribution is 2.45. The second kappa shape index (κ2) is 26.3. The van der Waals surface area contributed by atoms with Crippen LogP contribution in [-0.4, -0.2) is 61.6 Å². The molecule has 0 unspecified atom stereocenters. The van der Waals surface area contributed by atoms with Crippen LogP contribution in [0.4, 0.5) is 69.0 Å². The quantitative estimate of drug-likeness (QED) is 0.0619. The highest BCUT2D eigenvalue weighted by molar-refractivity contribution is 5.66. The zero-order chi connectivity index (χ0) is 66.7. The van der Waals surface area contributed by atoms with Crippen LogP contribution >= 0.6 is 0 Å². The Morgan fingerprint density at radius 1 is 0.208 bits per heavy atom. The normalized spacial score (nSPS) is 13.1. The monoisotopic (exact) mass is 1290 g/mol. The zero-order valence-corrected chi connectivity index (χ0v) is 51.8. The summed E-state index contributed by atoms with van der Waals surface area (Å²) in [4.78, 5) is 0.